The number of rotatable bonds is 7. The number of methoxy groups -OCH3 is 1. The smallest absolute Gasteiger partial charge is 0.416 e. The first kappa shape index (κ1) is 31.4. The lowest BCUT2D eigenvalue weighted by atomic mass is 9.83. The lowest BCUT2D eigenvalue weighted by Gasteiger charge is -2.31. The van der Waals surface area contributed by atoms with Gasteiger partial charge >= 0.3 is 11.0 Å². The first-order valence-corrected chi connectivity index (χ1v) is 15.7. The third-order valence-corrected chi connectivity index (χ3v) is 10.5. The zero-order valence-electron chi connectivity index (χ0n) is 24.7. The Bertz CT molecular complexity index is 1890. The molecule has 3 atom stereocenters. The molecule has 1 aromatic heterocycles. The summed E-state index contributed by atoms with van der Waals surface area (Å²) in [7, 11) is 5.26. The van der Waals surface area contributed by atoms with Crippen LogP contribution in [-0.4, -0.2) is 48.7 Å². The van der Waals surface area contributed by atoms with Crippen LogP contribution in [0.4, 0.5) is 30.2 Å². The van der Waals surface area contributed by atoms with Gasteiger partial charge in [-0.05, 0) is 60.2 Å². The summed E-state index contributed by atoms with van der Waals surface area (Å²) in [5.74, 6) is -2.97. The highest BCUT2D eigenvalue weighted by Crippen LogP contribution is 2.54. The number of thiazole rings is 1. The summed E-state index contributed by atoms with van der Waals surface area (Å²) < 4.78 is 47.1. The Kier molecular flexibility index (Phi) is 8.19. The number of aromatic nitrogens is 1. The van der Waals surface area contributed by atoms with E-state index in [1.807, 2.05) is 43.3 Å². The van der Waals surface area contributed by atoms with E-state index in [-0.39, 0.29) is 12.2 Å². The lowest BCUT2D eigenvalue weighted by molar-refractivity contribution is -0.137. The van der Waals surface area contributed by atoms with E-state index in [0.29, 0.717) is 26.9 Å². The second-order valence-corrected chi connectivity index (χ2v) is 13.1. The number of fused-ring (bicyclic) bond motifs is 2. The van der Waals surface area contributed by atoms with Gasteiger partial charge in [-0.1, -0.05) is 41.3 Å². The predicted octanol–water partition coefficient (Wildman–Crippen LogP) is 5.44. The number of nitrogens with one attached hydrogen (secondary N) is 1. The van der Waals surface area contributed by atoms with E-state index in [1.165, 1.54) is 17.7 Å². The van der Waals surface area contributed by atoms with Crippen LogP contribution >= 0.6 is 23.1 Å². The summed E-state index contributed by atoms with van der Waals surface area (Å²) in [6.45, 7) is -0.354. The Labute approximate surface area is 269 Å². The van der Waals surface area contributed by atoms with Crippen molar-refractivity contribution in [2.24, 2.45) is 5.92 Å². The molecule has 3 aromatic carbocycles. The van der Waals surface area contributed by atoms with E-state index >= 15 is 0 Å². The van der Waals surface area contributed by atoms with Crippen LogP contribution in [0.15, 0.2) is 82.6 Å². The second-order valence-electron chi connectivity index (χ2n) is 11.0. The van der Waals surface area contributed by atoms with Crippen LogP contribution in [0.2, 0.25) is 0 Å². The number of nitrogens with zero attached hydrogens (tertiary/aromatic N) is 3. The number of thioether (sulfide) groups is 1. The van der Waals surface area contributed by atoms with Crippen LogP contribution in [0.1, 0.15) is 21.9 Å². The SMILES string of the molecule is COc1ccc(NC(=O)Cn2c3c(sc2=O)[C@@H](c2ccc(N(C)C)cc2)[C@@H]2C(=O)N(c4cccc(C(F)(F)F)c4)C(=O)[C@@H]2S3)cc1. The minimum Gasteiger partial charge on any atom is -0.497 e. The Hall–Kier alpha value is -4.56. The van der Waals surface area contributed by atoms with Crippen LogP contribution in [0.5, 0.6) is 5.75 Å². The fraction of sp³-hybridized carbons (Fsp3) is 0.250. The third kappa shape index (κ3) is 5.66. The summed E-state index contributed by atoms with van der Waals surface area (Å²) >= 11 is 1.88. The maximum atomic E-state index is 14.0. The number of benzene rings is 3. The molecule has 0 spiro atoms. The molecule has 0 saturated carbocycles. The maximum absolute atomic E-state index is 14.0. The topological polar surface area (TPSA) is 101 Å². The highest BCUT2D eigenvalue weighted by atomic mass is 32.2. The van der Waals surface area contributed by atoms with Gasteiger partial charge in [-0.15, -0.1) is 0 Å². The fourth-order valence-electron chi connectivity index (χ4n) is 5.69. The van der Waals surface area contributed by atoms with Crippen molar-refractivity contribution in [3.63, 3.8) is 0 Å². The zero-order valence-corrected chi connectivity index (χ0v) is 26.3. The van der Waals surface area contributed by atoms with Gasteiger partial charge in [-0.2, -0.15) is 13.2 Å². The van der Waals surface area contributed by atoms with Gasteiger partial charge in [0.1, 0.15) is 17.5 Å². The number of imide groups is 1. The molecule has 9 nitrogen and oxygen atoms in total. The average Bonchev–Trinajstić information content (AvgIpc) is 3.47. The quantitative estimate of drug-likeness (QED) is 0.262. The molecular formula is C32H27F3N4O5S2. The van der Waals surface area contributed by atoms with Gasteiger partial charge in [0.15, 0.2) is 0 Å². The highest BCUT2D eigenvalue weighted by Gasteiger charge is 2.57. The number of hydrogen-bond donors (Lipinski definition) is 1. The highest BCUT2D eigenvalue weighted by molar-refractivity contribution is 8.00. The van der Waals surface area contributed by atoms with Crippen LogP contribution in [0.3, 0.4) is 0 Å². The summed E-state index contributed by atoms with van der Waals surface area (Å²) in [5, 5.41) is 2.08. The number of carbonyl (C=O) groups is 3. The minimum atomic E-state index is -4.67. The van der Waals surface area contributed by atoms with Gasteiger partial charge < -0.3 is 15.0 Å². The molecule has 0 bridgehead atoms. The van der Waals surface area contributed by atoms with Crippen LogP contribution in [-0.2, 0) is 27.1 Å². The fourth-order valence-corrected chi connectivity index (χ4v) is 8.46. The van der Waals surface area contributed by atoms with Crippen molar-refractivity contribution in [2.75, 3.05) is 36.3 Å². The molecular weight excluding hydrogens is 642 g/mol. The number of halogens is 3. The van der Waals surface area contributed by atoms with Gasteiger partial charge in [-0.25, -0.2) is 4.90 Å². The van der Waals surface area contributed by atoms with Crippen molar-refractivity contribution >= 4 is 57.9 Å². The molecule has 2 aliphatic rings. The Morgan fingerprint density at radius 3 is 2.30 bits per heavy atom. The number of carbonyl (C=O) groups excluding carboxylic acids is 3. The van der Waals surface area contributed by atoms with Gasteiger partial charge in [0.05, 0.1) is 29.3 Å². The number of hydrogen-bond acceptors (Lipinski definition) is 8. The Balaban J connectivity index is 1.40. The first-order chi connectivity index (χ1) is 21.9. The number of anilines is 3. The van der Waals surface area contributed by atoms with Crippen molar-refractivity contribution in [1.82, 2.24) is 4.57 Å². The van der Waals surface area contributed by atoms with Gasteiger partial charge in [0.2, 0.25) is 17.7 Å². The first-order valence-electron chi connectivity index (χ1n) is 14.0. The molecule has 0 aliphatic carbocycles. The molecule has 14 heteroatoms. The van der Waals surface area contributed by atoms with E-state index in [0.717, 1.165) is 51.9 Å². The number of ether oxygens (including phenoxy) is 1. The average molecular weight is 669 g/mol. The van der Waals surface area contributed by atoms with E-state index in [9.17, 15) is 32.3 Å². The van der Waals surface area contributed by atoms with Crippen LogP contribution in [0.25, 0.3) is 0 Å². The second kappa shape index (κ2) is 12.0. The largest absolute Gasteiger partial charge is 0.497 e. The van der Waals surface area contributed by atoms with Crippen molar-refractivity contribution in [3.8, 4) is 5.75 Å². The molecule has 6 rings (SSSR count). The lowest BCUT2D eigenvalue weighted by Crippen LogP contribution is -2.33. The summed E-state index contributed by atoms with van der Waals surface area (Å²) in [4.78, 5) is 57.2. The molecule has 4 aromatic rings. The molecule has 0 unspecified atom stereocenters. The van der Waals surface area contributed by atoms with Crippen molar-refractivity contribution in [1.29, 1.82) is 0 Å². The van der Waals surface area contributed by atoms with Crippen molar-refractivity contribution < 1.29 is 32.3 Å². The van der Waals surface area contributed by atoms with E-state index < -0.39 is 51.4 Å². The monoisotopic (exact) mass is 668 g/mol. The molecule has 1 N–H and O–H groups in total. The van der Waals surface area contributed by atoms with Gasteiger partial charge in [-0.3, -0.25) is 23.7 Å². The van der Waals surface area contributed by atoms with E-state index in [2.05, 4.69) is 5.32 Å². The van der Waals surface area contributed by atoms with Gasteiger partial charge in [0, 0.05) is 36.3 Å². The number of alkyl halides is 3. The van der Waals surface area contributed by atoms with E-state index in [1.54, 1.807) is 24.3 Å². The molecule has 0 radical (unpaired) electrons. The Morgan fingerprint density at radius 1 is 0.978 bits per heavy atom. The normalized spacial score (nSPS) is 19.1. The molecule has 1 saturated heterocycles. The molecule has 238 valence electrons. The zero-order chi connectivity index (χ0) is 32.9. The van der Waals surface area contributed by atoms with E-state index in [4.69, 9.17) is 4.74 Å². The summed E-state index contributed by atoms with van der Waals surface area (Å²) in [5.41, 5.74) is 0.861. The molecule has 46 heavy (non-hydrogen) atoms. The molecule has 3 amide bonds. The van der Waals surface area contributed by atoms with Crippen molar-refractivity contribution in [2.45, 2.75) is 28.9 Å². The minimum absolute atomic E-state index is 0.179. The Morgan fingerprint density at radius 2 is 1.67 bits per heavy atom. The molecule has 2 aliphatic heterocycles. The third-order valence-electron chi connectivity index (χ3n) is 7.93. The number of amides is 3. The van der Waals surface area contributed by atoms with Crippen LogP contribution in [0, 0.1) is 5.92 Å². The standard InChI is InChI=1S/C32H27F3N4O5S2/c1-37(2)20-11-7-17(8-12-20)24-25-26(29(42)39(28(25)41)21-6-4-5-18(15-21)32(33,34)35)45-30-27(24)46-31(43)38(30)16-23(40)36-19-9-13-22(44-3)14-10-19/h4-15,24-26H,16H2,1-3H3,(H,36,40)/t24-,25-,26+/m0/s1. The molecule has 3 heterocycles. The van der Waals surface area contributed by atoms with Gasteiger partial charge in [0.25, 0.3) is 0 Å². The van der Waals surface area contributed by atoms with Crippen LogP contribution < -0.4 is 24.7 Å². The maximum Gasteiger partial charge on any atom is 0.416 e. The van der Waals surface area contributed by atoms with Crippen molar-refractivity contribution in [3.05, 3.63) is 98.5 Å². The molecule has 1 fully saturated rings. The predicted molar refractivity (Wildman–Crippen MR) is 170 cm³/mol. The summed E-state index contributed by atoms with van der Waals surface area (Å²) in [6, 6.07) is 18.1. The summed E-state index contributed by atoms with van der Waals surface area (Å²) in [6.07, 6.45) is -4.67.